The zero-order valence-electron chi connectivity index (χ0n) is 21.3. The second-order valence-electron chi connectivity index (χ2n) is 9.19. The van der Waals surface area contributed by atoms with Gasteiger partial charge < -0.3 is 15.7 Å². The number of halogens is 5. The van der Waals surface area contributed by atoms with Crippen molar-refractivity contribution in [3.63, 3.8) is 0 Å². The van der Waals surface area contributed by atoms with Crippen molar-refractivity contribution in [1.82, 2.24) is 14.7 Å². The topological polar surface area (TPSA) is 133 Å². The standard InChI is InChI=1S/C23H27Cl2N5O2S.C2HF3O2/c1-26-22-20-4-2-3-5-21(20)29-23(30-22)27-13-15-6-8-16(9-7-15)14-28-33(31,32)19-11-17(24)10-18(25)12-19;3-2(4,5)1(6)7/h2-5,10-12,15-16,28H,6-9,13-14H2,1H3,(H2,26,27,29,30);(H,6,7). The molecule has 3 aromatic rings. The van der Waals surface area contributed by atoms with E-state index < -0.39 is 22.2 Å². The van der Waals surface area contributed by atoms with Crippen LogP contribution in [0.5, 0.6) is 0 Å². The van der Waals surface area contributed by atoms with Crippen molar-refractivity contribution in [3.05, 3.63) is 52.5 Å². The second-order valence-corrected chi connectivity index (χ2v) is 11.8. The van der Waals surface area contributed by atoms with Crippen molar-refractivity contribution >= 4 is 61.9 Å². The summed E-state index contributed by atoms with van der Waals surface area (Å²) in [6.45, 7) is 1.20. The lowest BCUT2D eigenvalue weighted by atomic mass is 9.82. The minimum Gasteiger partial charge on any atom is -0.475 e. The highest BCUT2D eigenvalue weighted by Gasteiger charge is 2.38. The van der Waals surface area contributed by atoms with E-state index >= 15 is 0 Å². The maximum atomic E-state index is 12.6. The molecule has 1 saturated carbocycles. The molecule has 218 valence electrons. The van der Waals surface area contributed by atoms with E-state index in [4.69, 9.17) is 33.1 Å². The van der Waals surface area contributed by atoms with Crippen LogP contribution < -0.4 is 15.4 Å². The Morgan fingerprint density at radius 2 is 1.55 bits per heavy atom. The predicted molar refractivity (Wildman–Crippen MR) is 148 cm³/mol. The number of carbonyl (C=O) groups is 1. The molecule has 1 aliphatic rings. The Labute approximate surface area is 239 Å². The molecule has 1 fully saturated rings. The summed E-state index contributed by atoms with van der Waals surface area (Å²) in [7, 11) is -1.79. The van der Waals surface area contributed by atoms with Gasteiger partial charge in [-0.15, -0.1) is 0 Å². The largest absolute Gasteiger partial charge is 0.490 e. The van der Waals surface area contributed by atoms with Crippen molar-refractivity contribution in [2.45, 2.75) is 36.8 Å². The van der Waals surface area contributed by atoms with E-state index in [1.807, 2.05) is 31.3 Å². The third-order valence-corrected chi connectivity index (χ3v) is 8.15. The van der Waals surface area contributed by atoms with Crippen LogP contribution in [0, 0.1) is 11.8 Å². The molecule has 9 nitrogen and oxygen atoms in total. The lowest BCUT2D eigenvalue weighted by molar-refractivity contribution is -0.192. The molecule has 1 aromatic heterocycles. The number of nitrogens with one attached hydrogen (secondary N) is 3. The number of hydrogen-bond acceptors (Lipinski definition) is 7. The molecular weight excluding hydrogens is 594 g/mol. The minimum atomic E-state index is -5.08. The number of anilines is 2. The van der Waals surface area contributed by atoms with Crippen LogP contribution in [0.2, 0.25) is 10.0 Å². The number of alkyl halides is 3. The number of benzene rings is 2. The molecule has 1 heterocycles. The molecule has 0 saturated heterocycles. The van der Waals surface area contributed by atoms with Crippen LogP contribution in [0.1, 0.15) is 25.7 Å². The monoisotopic (exact) mass is 621 g/mol. The van der Waals surface area contributed by atoms with E-state index in [0.717, 1.165) is 48.9 Å². The van der Waals surface area contributed by atoms with E-state index in [9.17, 15) is 21.6 Å². The Kier molecular flexibility index (Phi) is 10.8. The van der Waals surface area contributed by atoms with E-state index in [1.54, 1.807) is 0 Å². The molecule has 0 radical (unpaired) electrons. The average Bonchev–Trinajstić information content (AvgIpc) is 2.90. The van der Waals surface area contributed by atoms with Crippen LogP contribution in [0.25, 0.3) is 10.9 Å². The van der Waals surface area contributed by atoms with Crippen molar-refractivity contribution in [2.75, 3.05) is 30.8 Å². The molecule has 0 spiro atoms. The molecule has 0 atom stereocenters. The van der Waals surface area contributed by atoms with Gasteiger partial charge in [0, 0.05) is 35.6 Å². The van der Waals surface area contributed by atoms with Gasteiger partial charge in [0.05, 0.1) is 10.4 Å². The number of hydrogen-bond donors (Lipinski definition) is 4. The van der Waals surface area contributed by atoms with Gasteiger partial charge in [0.1, 0.15) is 5.82 Å². The molecule has 15 heteroatoms. The van der Waals surface area contributed by atoms with Crippen LogP contribution in [-0.4, -0.2) is 55.8 Å². The second kappa shape index (κ2) is 13.7. The number of sulfonamides is 1. The van der Waals surface area contributed by atoms with Crippen molar-refractivity contribution in [3.8, 4) is 0 Å². The first-order valence-corrected chi connectivity index (χ1v) is 14.5. The number of aromatic nitrogens is 2. The quantitative estimate of drug-likeness (QED) is 0.248. The van der Waals surface area contributed by atoms with E-state index in [1.165, 1.54) is 18.2 Å². The first kappa shape index (κ1) is 31.7. The first-order chi connectivity index (χ1) is 18.8. The molecule has 40 heavy (non-hydrogen) atoms. The molecule has 4 N–H and O–H groups in total. The summed E-state index contributed by atoms with van der Waals surface area (Å²) in [6.07, 6.45) is -1.11. The molecule has 2 aromatic carbocycles. The molecule has 0 amide bonds. The van der Waals surface area contributed by atoms with Crippen molar-refractivity contribution in [2.24, 2.45) is 11.8 Å². The highest BCUT2D eigenvalue weighted by Crippen LogP contribution is 2.30. The molecule has 0 unspecified atom stereocenters. The average molecular weight is 622 g/mol. The first-order valence-electron chi connectivity index (χ1n) is 12.2. The van der Waals surface area contributed by atoms with Gasteiger partial charge in [-0.05, 0) is 67.9 Å². The number of nitrogens with zero attached hydrogens (tertiary/aromatic N) is 2. The smallest absolute Gasteiger partial charge is 0.475 e. The minimum absolute atomic E-state index is 0.0919. The summed E-state index contributed by atoms with van der Waals surface area (Å²) >= 11 is 11.9. The molecule has 1 aliphatic carbocycles. The van der Waals surface area contributed by atoms with E-state index in [0.29, 0.717) is 34.4 Å². The van der Waals surface area contributed by atoms with Crippen molar-refractivity contribution < 1.29 is 31.5 Å². The lowest BCUT2D eigenvalue weighted by Gasteiger charge is -2.28. The fraction of sp³-hybridized carbons (Fsp3) is 0.400. The van der Waals surface area contributed by atoms with Crippen LogP contribution in [0.3, 0.4) is 0 Å². The van der Waals surface area contributed by atoms with Crippen LogP contribution in [0.4, 0.5) is 24.9 Å². The van der Waals surface area contributed by atoms with E-state index in [-0.39, 0.29) is 4.90 Å². The predicted octanol–water partition coefficient (Wildman–Crippen LogP) is 5.81. The number of fused-ring (bicyclic) bond motifs is 1. The molecule has 0 bridgehead atoms. The Bertz CT molecular complexity index is 1420. The summed E-state index contributed by atoms with van der Waals surface area (Å²) < 4.78 is 59.6. The number of rotatable bonds is 8. The Balaban J connectivity index is 0.000000559. The molecular formula is C25H28Cl2F3N5O4S. The zero-order valence-corrected chi connectivity index (χ0v) is 23.6. The van der Waals surface area contributed by atoms with Gasteiger partial charge in [-0.1, -0.05) is 35.3 Å². The maximum Gasteiger partial charge on any atom is 0.490 e. The Morgan fingerprint density at radius 3 is 2.10 bits per heavy atom. The fourth-order valence-electron chi connectivity index (χ4n) is 4.22. The van der Waals surface area contributed by atoms with Crippen LogP contribution >= 0.6 is 23.2 Å². The maximum absolute atomic E-state index is 12.6. The Morgan fingerprint density at radius 1 is 1.00 bits per heavy atom. The third-order valence-electron chi connectivity index (χ3n) is 6.31. The lowest BCUT2D eigenvalue weighted by Crippen LogP contribution is -2.32. The summed E-state index contributed by atoms with van der Waals surface area (Å²) in [4.78, 5) is 18.2. The van der Waals surface area contributed by atoms with Gasteiger partial charge >= 0.3 is 12.1 Å². The van der Waals surface area contributed by atoms with E-state index in [2.05, 4.69) is 25.3 Å². The number of carboxylic acid groups (broad SMARTS) is 1. The highest BCUT2D eigenvalue weighted by molar-refractivity contribution is 7.89. The van der Waals surface area contributed by atoms with Gasteiger partial charge in [-0.2, -0.15) is 18.2 Å². The zero-order chi connectivity index (χ0) is 29.5. The number of para-hydroxylation sites is 1. The van der Waals surface area contributed by atoms with Gasteiger partial charge in [0.25, 0.3) is 0 Å². The summed E-state index contributed by atoms with van der Waals surface area (Å²) in [5.74, 6) is -0.531. The number of aliphatic carboxylic acids is 1. The SMILES string of the molecule is CNc1nc(NCC2CCC(CNS(=O)(=O)c3cc(Cl)cc(Cl)c3)CC2)nc2ccccc12.O=C(O)C(F)(F)F. The van der Waals surface area contributed by atoms with Gasteiger partial charge in [0.2, 0.25) is 16.0 Å². The fourth-order valence-corrected chi connectivity index (χ4v) is 6.06. The summed E-state index contributed by atoms with van der Waals surface area (Å²) in [5.41, 5.74) is 0.899. The van der Waals surface area contributed by atoms with Gasteiger partial charge in [0.15, 0.2) is 0 Å². The number of carboxylic acids is 1. The Hall–Kier alpha value is -2.87. The highest BCUT2D eigenvalue weighted by atomic mass is 35.5. The van der Waals surface area contributed by atoms with Gasteiger partial charge in [-0.3, -0.25) is 0 Å². The summed E-state index contributed by atoms with van der Waals surface area (Å²) in [6, 6.07) is 12.3. The third kappa shape index (κ3) is 9.08. The molecule has 0 aliphatic heterocycles. The normalized spacial score (nSPS) is 17.6. The van der Waals surface area contributed by atoms with Crippen LogP contribution in [0.15, 0.2) is 47.4 Å². The van der Waals surface area contributed by atoms with Crippen molar-refractivity contribution in [1.29, 1.82) is 0 Å². The molecule has 4 rings (SSSR count). The summed E-state index contributed by atoms with van der Waals surface area (Å²) in [5, 5.41) is 15.2. The van der Waals surface area contributed by atoms with Crippen LogP contribution in [-0.2, 0) is 14.8 Å². The van der Waals surface area contributed by atoms with Gasteiger partial charge in [-0.25, -0.2) is 22.9 Å².